The highest BCUT2D eigenvalue weighted by Crippen LogP contribution is 2.32. The molecule has 1 aromatic carbocycles. The summed E-state index contributed by atoms with van der Waals surface area (Å²) in [7, 11) is 0. The van der Waals surface area contributed by atoms with E-state index >= 15 is 0 Å². The Morgan fingerprint density at radius 3 is 2.72 bits per heavy atom. The molecule has 0 bridgehead atoms. The average molecular weight is 400 g/mol. The molecule has 0 aliphatic carbocycles. The molecule has 0 fully saturated rings. The third kappa shape index (κ3) is 4.01. The molecular formula is C21H19F3N4O. The smallest absolute Gasteiger partial charge is 0.416 e. The van der Waals surface area contributed by atoms with Gasteiger partial charge in [-0.1, -0.05) is 12.1 Å². The highest BCUT2D eigenvalue weighted by Gasteiger charge is 2.30. The van der Waals surface area contributed by atoms with Crippen LogP contribution >= 0.6 is 0 Å². The van der Waals surface area contributed by atoms with Crippen molar-refractivity contribution in [3.63, 3.8) is 0 Å². The molecule has 1 aliphatic heterocycles. The van der Waals surface area contributed by atoms with Crippen LogP contribution in [0.3, 0.4) is 0 Å². The van der Waals surface area contributed by atoms with Gasteiger partial charge in [0.25, 0.3) is 0 Å². The van der Waals surface area contributed by atoms with Crippen LogP contribution in [-0.2, 0) is 10.9 Å². The number of rotatable bonds is 4. The second-order valence-electron chi connectivity index (χ2n) is 6.90. The molecule has 3 aromatic rings. The van der Waals surface area contributed by atoms with E-state index in [2.05, 4.69) is 20.3 Å². The van der Waals surface area contributed by atoms with E-state index in [0.717, 1.165) is 23.9 Å². The SMILES string of the molecule is Cc1nc(N[C@H](C)c2cccc(C(F)(F)F)c2)c2cc(C3=CCCO3)ncc2n1. The van der Waals surface area contributed by atoms with Gasteiger partial charge in [0.15, 0.2) is 0 Å². The molecule has 0 spiro atoms. The minimum atomic E-state index is -4.39. The fraction of sp³-hybridized carbons (Fsp3) is 0.286. The monoisotopic (exact) mass is 400 g/mol. The van der Waals surface area contributed by atoms with Gasteiger partial charge < -0.3 is 10.1 Å². The lowest BCUT2D eigenvalue weighted by molar-refractivity contribution is -0.137. The molecule has 8 heteroatoms. The molecule has 29 heavy (non-hydrogen) atoms. The van der Waals surface area contributed by atoms with E-state index in [4.69, 9.17) is 4.74 Å². The lowest BCUT2D eigenvalue weighted by Crippen LogP contribution is -2.12. The van der Waals surface area contributed by atoms with Crippen LogP contribution in [0.15, 0.2) is 42.6 Å². The maximum atomic E-state index is 13.0. The first-order valence-corrected chi connectivity index (χ1v) is 9.22. The fourth-order valence-corrected chi connectivity index (χ4v) is 3.26. The molecule has 5 nitrogen and oxygen atoms in total. The topological polar surface area (TPSA) is 59.9 Å². The maximum Gasteiger partial charge on any atom is 0.416 e. The lowest BCUT2D eigenvalue weighted by Gasteiger charge is -2.18. The zero-order valence-corrected chi connectivity index (χ0v) is 15.9. The molecule has 0 saturated carbocycles. The van der Waals surface area contributed by atoms with E-state index in [9.17, 15) is 13.2 Å². The summed E-state index contributed by atoms with van der Waals surface area (Å²) in [4.78, 5) is 13.3. The Morgan fingerprint density at radius 1 is 1.17 bits per heavy atom. The van der Waals surface area contributed by atoms with Gasteiger partial charge in [-0.3, -0.25) is 4.98 Å². The Labute approximate surface area is 165 Å². The number of alkyl halides is 3. The molecule has 0 amide bonds. The molecule has 0 unspecified atom stereocenters. The van der Waals surface area contributed by atoms with Crippen LogP contribution in [0.1, 0.15) is 42.0 Å². The Morgan fingerprint density at radius 2 is 2.00 bits per heavy atom. The standard InChI is InChI=1S/C21H19F3N4O/c1-12(14-5-3-6-15(9-14)21(22,23)24)26-20-16-10-17(19-7-4-8-29-19)25-11-18(16)27-13(2)28-20/h3,5-7,9-12H,4,8H2,1-2H3,(H,26,27,28)/t12-/m1/s1. The van der Waals surface area contributed by atoms with Gasteiger partial charge in [-0.15, -0.1) is 0 Å². The molecule has 0 radical (unpaired) electrons. The summed E-state index contributed by atoms with van der Waals surface area (Å²) < 4.78 is 44.7. The average Bonchev–Trinajstić information content (AvgIpc) is 3.22. The predicted octanol–water partition coefficient (Wildman–Crippen LogP) is 5.29. The van der Waals surface area contributed by atoms with Crippen LogP contribution in [0.5, 0.6) is 0 Å². The minimum Gasteiger partial charge on any atom is -0.491 e. The van der Waals surface area contributed by atoms with Gasteiger partial charge in [0.2, 0.25) is 0 Å². The summed E-state index contributed by atoms with van der Waals surface area (Å²) in [6.07, 6.45) is 0.0736. The Bertz CT molecular complexity index is 1090. The van der Waals surface area contributed by atoms with Crippen molar-refractivity contribution < 1.29 is 17.9 Å². The first-order valence-electron chi connectivity index (χ1n) is 9.22. The number of hydrogen-bond acceptors (Lipinski definition) is 5. The molecular weight excluding hydrogens is 381 g/mol. The summed E-state index contributed by atoms with van der Waals surface area (Å²) in [5.74, 6) is 1.80. The zero-order valence-electron chi connectivity index (χ0n) is 15.9. The number of ether oxygens (including phenoxy) is 1. The van der Waals surface area contributed by atoms with Crippen LogP contribution < -0.4 is 5.32 Å². The fourth-order valence-electron chi connectivity index (χ4n) is 3.26. The summed E-state index contributed by atoms with van der Waals surface area (Å²) in [6, 6.07) is 6.73. The number of halogens is 3. The number of aryl methyl sites for hydroxylation is 1. The normalized spacial score (nSPS) is 15.1. The third-order valence-corrected chi connectivity index (χ3v) is 4.72. The van der Waals surface area contributed by atoms with E-state index < -0.39 is 17.8 Å². The first-order chi connectivity index (χ1) is 13.8. The second-order valence-corrected chi connectivity index (χ2v) is 6.90. The van der Waals surface area contributed by atoms with Crippen LogP contribution in [0.4, 0.5) is 19.0 Å². The van der Waals surface area contributed by atoms with Crippen LogP contribution in [0.2, 0.25) is 0 Å². The summed E-state index contributed by atoms with van der Waals surface area (Å²) in [5.41, 5.74) is 1.17. The molecule has 2 aromatic heterocycles. The van der Waals surface area contributed by atoms with Gasteiger partial charge >= 0.3 is 6.18 Å². The molecule has 1 aliphatic rings. The number of benzene rings is 1. The zero-order chi connectivity index (χ0) is 20.6. The second kappa shape index (κ2) is 7.35. The predicted molar refractivity (Wildman–Crippen MR) is 104 cm³/mol. The third-order valence-electron chi connectivity index (χ3n) is 4.72. The number of pyridine rings is 1. The van der Waals surface area contributed by atoms with E-state index in [1.165, 1.54) is 6.07 Å². The Balaban J connectivity index is 1.70. The summed E-state index contributed by atoms with van der Waals surface area (Å²) >= 11 is 0. The number of aromatic nitrogens is 3. The van der Waals surface area contributed by atoms with Gasteiger partial charge in [0, 0.05) is 17.8 Å². The van der Waals surface area contributed by atoms with Crippen molar-refractivity contribution in [2.45, 2.75) is 32.5 Å². The van der Waals surface area contributed by atoms with E-state index in [1.807, 2.05) is 12.1 Å². The van der Waals surface area contributed by atoms with Gasteiger partial charge in [-0.25, -0.2) is 9.97 Å². The van der Waals surface area contributed by atoms with E-state index in [-0.39, 0.29) is 0 Å². The number of hydrogen-bond donors (Lipinski definition) is 1. The molecule has 150 valence electrons. The lowest BCUT2D eigenvalue weighted by atomic mass is 10.0. The van der Waals surface area contributed by atoms with Crippen molar-refractivity contribution >= 4 is 22.5 Å². The Hall–Kier alpha value is -3.16. The molecule has 3 heterocycles. The summed E-state index contributed by atoms with van der Waals surface area (Å²) in [5, 5.41) is 3.96. The van der Waals surface area contributed by atoms with Gasteiger partial charge in [-0.2, -0.15) is 13.2 Å². The number of nitrogens with one attached hydrogen (secondary N) is 1. The first kappa shape index (κ1) is 19.2. The van der Waals surface area contributed by atoms with E-state index in [0.29, 0.717) is 40.8 Å². The number of anilines is 1. The molecule has 4 rings (SSSR count). The Kier molecular flexibility index (Phi) is 4.86. The van der Waals surface area contributed by atoms with Crippen molar-refractivity contribution in [2.24, 2.45) is 0 Å². The largest absolute Gasteiger partial charge is 0.491 e. The summed E-state index contributed by atoms with van der Waals surface area (Å²) in [6.45, 7) is 4.18. The number of nitrogens with zero attached hydrogens (tertiary/aromatic N) is 3. The van der Waals surface area contributed by atoms with E-state index in [1.54, 1.807) is 26.1 Å². The number of fused-ring (bicyclic) bond motifs is 1. The quantitative estimate of drug-likeness (QED) is 0.645. The molecule has 0 saturated heterocycles. The van der Waals surface area contributed by atoms with Crippen molar-refractivity contribution in [2.75, 3.05) is 11.9 Å². The van der Waals surface area contributed by atoms with Gasteiger partial charge in [-0.05, 0) is 43.7 Å². The van der Waals surface area contributed by atoms with Gasteiger partial charge in [0.05, 0.1) is 23.9 Å². The van der Waals surface area contributed by atoms with Crippen LogP contribution in [-0.4, -0.2) is 21.6 Å². The van der Waals surface area contributed by atoms with Crippen molar-refractivity contribution in [3.05, 3.63) is 65.2 Å². The van der Waals surface area contributed by atoms with Crippen LogP contribution in [0, 0.1) is 6.92 Å². The minimum absolute atomic E-state index is 0.395. The van der Waals surface area contributed by atoms with Crippen molar-refractivity contribution in [3.8, 4) is 0 Å². The maximum absolute atomic E-state index is 13.0. The molecule has 1 N–H and O–H groups in total. The van der Waals surface area contributed by atoms with Gasteiger partial charge in [0.1, 0.15) is 23.1 Å². The highest BCUT2D eigenvalue weighted by molar-refractivity contribution is 5.90. The van der Waals surface area contributed by atoms with Crippen molar-refractivity contribution in [1.29, 1.82) is 0 Å². The molecule has 1 atom stereocenters. The van der Waals surface area contributed by atoms with Crippen molar-refractivity contribution in [1.82, 2.24) is 15.0 Å². The van der Waals surface area contributed by atoms with Crippen LogP contribution in [0.25, 0.3) is 16.7 Å². The highest BCUT2D eigenvalue weighted by atomic mass is 19.4.